The third-order valence-electron chi connectivity index (χ3n) is 3.03. The van der Waals surface area contributed by atoms with Gasteiger partial charge in [0.15, 0.2) is 0 Å². The molecule has 0 bridgehead atoms. The fourth-order valence-corrected chi connectivity index (χ4v) is 2.04. The molecule has 1 rings (SSSR count). The molecule has 0 aromatic rings. The van der Waals surface area contributed by atoms with E-state index in [9.17, 15) is 0 Å². The quantitative estimate of drug-likeness (QED) is 0.715. The predicted octanol–water partition coefficient (Wildman–Crippen LogP) is 0.953. The van der Waals surface area contributed by atoms with Crippen LogP contribution in [0.15, 0.2) is 0 Å². The number of hydrogen-bond donors (Lipinski definition) is 1. The molecule has 1 N–H and O–H groups in total. The molecule has 14 heavy (non-hydrogen) atoms. The molecule has 0 amide bonds. The van der Waals surface area contributed by atoms with E-state index in [1.807, 2.05) is 0 Å². The zero-order valence-corrected chi connectivity index (χ0v) is 9.75. The number of hydrogen-bond acceptors (Lipinski definition) is 3. The Morgan fingerprint density at radius 3 is 2.86 bits per heavy atom. The lowest BCUT2D eigenvalue weighted by Crippen LogP contribution is -2.47. The number of nitrogens with one attached hydrogen (secondary N) is 1. The highest BCUT2D eigenvalue weighted by atomic mass is 16.5. The van der Waals surface area contributed by atoms with Crippen LogP contribution in [-0.4, -0.2) is 50.8 Å². The maximum absolute atomic E-state index is 5.54. The largest absolute Gasteiger partial charge is 0.381 e. The molecule has 2 unspecified atom stereocenters. The first-order chi connectivity index (χ1) is 6.77. The molecule has 3 nitrogen and oxygen atoms in total. The third kappa shape index (κ3) is 3.56. The summed E-state index contributed by atoms with van der Waals surface area (Å²) in [6.45, 7) is 9.55. The molecule has 0 aliphatic carbocycles. The van der Waals surface area contributed by atoms with Crippen LogP contribution >= 0.6 is 0 Å². The number of rotatable bonds is 5. The lowest BCUT2D eigenvalue weighted by molar-refractivity contribution is 0.0208. The molecule has 0 spiro atoms. The van der Waals surface area contributed by atoms with Crippen LogP contribution in [0.3, 0.4) is 0 Å². The van der Waals surface area contributed by atoms with E-state index in [0.29, 0.717) is 12.0 Å². The number of nitrogens with zero attached hydrogens (tertiary/aromatic N) is 1. The van der Waals surface area contributed by atoms with Crippen molar-refractivity contribution in [2.75, 3.05) is 39.9 Å². The molecule has 84 valence electrons. The van der Waals surface area contributed by atoms with Gasteiger partial charge in [0.05, 0.1) is 6.61 Å². The molecule has 1 fully saturated rings. The van der Waals surface area contributed by atoms with Gasteiger partial charge in [-0.2, -0.15) is 0 Å². The summed E-state index contributed by atoms with van der Waals surface area (Å²) in [5.41, 5.74) is 0. The van der Waals surface area contributed by atoms with Gasteiger partial charge in [-0.05, 0) is 26.6 Å². The van der Waals surface area contributed by atoms with Crippen LogP contribution in [0.4, 0.5) is 0 Å². The second kappa shape index (κ2) is 6.38. The minimum Gasteiger partial charge on any atom is -0.381 e. The van der Waals surface area contributed by atoms with E-state index in [1.54, 1.807) is 0 Å². The molecule has 2 atom stereocenters. The minimum atomic E-state index is 0.655. The maximum atomic E-state index is 5.54. The van der Waals surface area contributed by atoms with Crippen molar-refractivity contribution < 1.29 is 4.74 Å². The summed E-state index contributed by atoms with van der Waals surface area (Å²) in [5, 5.41) is 3.56. The van der Waals surface area contributed by atoms with Crippen LogP contribution in [0, 0.1) is 5.92 Å². The van der Waals surface area contributed by atoms with Gasteiger partial charge < -0.3 is 15.0 Å². The van der Waals surface area contributed by atoms with Crippen LogP contribution in [0.25, 0.3) is 0 Å². The summed E-state index contributed by atoms with van der Waals surface area (Å²) in [4.78, 5) is 2.36. The Balaban J connectivity index is 2.37. The lowest BCUT2D eigenvalue weighted by Gasteiger charge is -2.34. The third-order valence-corrected chi connectivity index (χ3v) is 3.03. The fourth-order valence-electron chi connectivity index (χ4n) is 2.04. The Bertz CT molecular complexity index is 150. The van der Waals surface area contributed by atoms with Crippen LogP contribution in [-0.2, 0) is 4.74 Å². The highest BCUT2D eigenvalue weighted by Gasteiger charge is 2.25. The zero-order chi connectivity index (χ0) is 10.4. The van der Waals surface area contributed by atoms with E-state index in [-0.39, 0.29) is 0 Å². The average molecular weight is 200 g/mol. The Morgan fingerprint density at radius 1 is 1.43 bits per heavy atom. The molecular weight excluding hydrogens is 176 g/mol. The predicted molar refractivity (Wildman–Crippen MR) is 59.6 cm³/mol. The van der Waals surface area contributed by atoms with Gasteiger partial charge in [0.1, 0.15) is 0 Å². The van der Waals surface area contributed by atoms with Gasteiger partial charge in [-0.25, -0.2) is 0 Å². The van der Waals surface area contributed by atoms with Crippen molar-refractivity contribution in [1.29, 1.82) is 0 Å². The molecule has 1 saturated heterocycles. The average Bonchev–Trinajstić information content (AvgIpc) is 2.21. The van der Waals surface area contributed by atoms with Gasteiger partial charge in [-0.1, -0.05) is 13.8 Å². The zero-order valence-electron chi connectivity index (χ0n) is 9.75. The standard InChI is InChI=1S/C11H24N2O/c1-4-12-11-6-7-14-9-10(11)8-13(3)5-2/h10-12H,4-9H2,1-3H3. The van der Waals surface area contributed by atoms with E-state index in [0.717, 1.165) is 39.3 Å². The van der Waals surface area contributed by atoms with Gasteiger partial charge >= 0.3 is 0 Å². The molecule has 3 heteroatoms. The summed E-state index contributed by atoms with van der Waals surface area (Å²) in [6.07, 6.45) is 1.16. The van der Waals surface area contributed by atoms with E-state index in [2.05, 4.69) is 31.1 Å². The molecular formula is C11H24N2O. The second-order valence-corrected chi connectivity index (χ2v) is 4.14. The van der Waals surface area contributed by atoms with Crippen LogP contribution in [0.1, 0.15) is 20.3 Å². The summed E-state index contributed by atoms with van der Waals surface area (Å²) in [5.74, 6) is 0.661. The fraction of sp³-hybridized carbons (Fsp3) is 1.00. The Kier molecular flexibility index (Phi) is 5.45. The van der Waals surface area contributed by atoms with E-state index in [1.165, 1.54) is 0 Å². The van der Waals surface area contributed by atoms with Crippen LogP contribution in [0.2, 0.25) is 0 Å². The molecule has 0 aromatic carbocycles. The monoisotopic (exact) mass is 200 g/mol. The smallest absolute Gasteiger partial charge is 0.0521 e. The summed E-state index contributed by atoms with van der Waals surface area (Å²) < 4.78 is 5.54. The first-order valence-electron chi connectivity index (χ1n) is 5.77. The first-order valence-corrected chi connectivity index (χ1v) is 5.77. The molecule has 0 aromatic heterocycles. The van der Waals surface area contributed by atoms with Crippen molar-refractivity contribution >= 4 is 0 Å². The Morgan fingerprint density at radius 2 is 2.21 bits per heavy atom. The van der Waals surface area contributed by atoms with Gasteiger partial charge in [-0.15, -0.1) is 0 Å². The van der Waals surface area contributed by atoms with Crippen molar-refractivity contribution in [2.24, 2.45) is 5.92 Å². The highest BCUT2D eigenvalue weighted by Crippen LogP contribution is 2.15. The van der Waals surface area contributed by atoms with Gasteiger partial charge in [0.2, 0.25) is 0 Å². The minimum absolute atomic E-state index is 0.655. The second-order valence-electron chi connectivity index (χ2n) is 4.14. The molecule has 1 heterocycles. The van der Waals surface area contributed by atoms with Crippen molar-refractivity contribution in [1.82, 2.24) is 10.2 Å². The molecule has 1 aliphatic heterocycles. The molecule has 0 saturated carbocycles. The van der Waals surface area contributed by atoms with Crippen molar-refractivity contribution in [3.8, 4) is 0 Å². The maximum Gasteiger partial charge on any atom is 0.0521 e. The molecule has 0 radical (unpaired) electrons. The van der Waals surface area contributed by atoms with Gasteiger partial charge in [-0.3, -0.25) is 0 Å². The highest BCUT2D eigenvalue weighted by molar-refractivity contribution is 4.81. The van der Waals surface area contributed by atoms with E-state index < -0.39 is 0 Å². The Hall–Kier alpha value is -0.120. The van der Waals surface area contributed by atoms with Crippen LogP contribution in [0.5, 0.6) is 0 Å². The molecule has 1 aliphatic rings. The van der Waals surface area contributed by atoms with E-state index >= 15 is 0 Å². The SMILES string of the molecule is CCNC1CCOCC1CN(C)CC. The van der Waals surface area contributed by atoms with Gasteiger partial charge in [0, 0.05) is 25.1 Å². The normalized spacial score (nSPS) is 28.3. The summed E-state index contributed by atoms with van der Waals surface area (Å²) >= 11 is 0. The Labute approximate surface area is 87.8 Å². The first kappa shape index (κ1) is 12.0. The summed E-state index contributed by atoms with van der Waals surface area (Å²) in [6, 6.07) is 0.655. The van der Waals surface area contributed by atoms with Crippen molar-refractivity contribution in [3.63, 3.8) is 0 Å². The van der Waals surface area contributed by atoms with Gasteiger partial charge in [0.25, 0.3) is 0 Å². The van der Waals surface area contributed by atoms with Crippen molar-refractivity contribution in [2.45, 2.75) is 26.3 Å². The summed E-state index contributed by atoms with van der Waals surface area (Å²) in [7, 11) is 2.18. The van der Waals surface area contributed by atoms with E-state index in [4.69, 9.17) is 4.74 Å². The van der Waals surface area contributed by atoms with Crippen molar-refractivity contribution in [3.05, 3.63) is 0 Å². The lowest BCUT2D eigenvalue weighted by atomic mass is 9.95. The topological polar surface area (TPSA) is 24.5 Å². The number of ether oxygens (including phenoxy) is 1. The van der Waals surface area contributed by atoms with Crippen LogP contribution < -0.4 is 5.32 Å².